The molecule has 112 valence electrons. The Balaban J connectivity index is 1.74. The minimum Gasteiger partial charge on any atom is -0.338 e. The fourth-order valence-corrected chi connectivity index (χ4v) is 3.40. The smallest absolute Gasteiger partial charge is 0.268 e. The van der Waals surface area contributed by atoms with Crippen LogP contribution < -0.4 is 10.9 Å². The Kier molecular flexibility index (Phi) is 4.03. The van der Waals surface area contributed by atoms with Gasteiger partial charge in [0.15, 0.2) is 0 Å². The average molecular weight is 306 g/mol. The molecule has 1 aliphatic rings. The van der Waals surface area contributed by atoms with Crippen LogP contribution >= 0.6 is 11.3 Å². The number of thiophene rings is 1. The first-order chi connectivity index (χ1) is 10.1. The second-order valence-corrected chi connectivity index (χ2v) is 6.30. The maximum Gasteiger partial charge on any atom is 0.268 e. The second-order valence-electron chi connectivity index (χ2n) is 5.39. The number of amides is 1. The number of H-pyrrole nitrogens is 1. The van der Waals surface area contributed by atoms with Gasteiger partial charge in [0, 0.05) is 13.6 Å². The van der Waals surface area contributed by atoms with Gasteiger partial charge in [-0.1, -0.05) is 0 Å². The molecule has 0 bridgehead atoms. The van der Waals surface area contributed by atoms with Gasteiger partial charge in [-0.15, -0.1) is 11.3 Å². The Morgan fingerprint density at radius 3 is 3.19 bits per heavy atom. The summed E-state index contributed by atoms with van der Waals surface area (Å²) in [6.07, 6.45) is 1.95. The largest absolute Gasteiger partial charge is 0.338 e. The van der Waals surface area contributed by atoms with E-state index >= 15 is 0 Å². The van der Waals surface area contributed by atoms with Crippen molar-refractivity contribution in [1.29, 1.82) is 0 Å². The van der Waals surface area contributed by atoms with Gasteiger partial charge in [0.1, 0.15) is 10.5 Å². The van der Waals surface area contributed by atoms with E-state index in [4.69, 9.17) is 0 Å². The molecule has 1 aliphatic heterocycles. The van der Waals surface area contributed by atoms with Crippen molar-refractivity contribution in [1.82, 2.24) is 20.2 Å². The quantitative estimate of drug-likeness (QED) is 0.885. The number of carbonyl (C=O) groups excluding carboxylic acids is 1. The molecule has 6 nitrogen and oxygen atoms in total. The highest BCUT2D eigenvalue weighted by Gasteiger charge is 2.24. The maximum absolute atomic E-state index is 12.4. The Labute approximate surface area is 126 Å². The normalized spacial score (nSPS) is 18.8. The lowest BCUT2D eigenvalue weighted by Gasteiger charge is -2.26. The van der Waals surface area contributed by atoms with E-state index in [1.807, 2.05) is 11.4 Å². The number of nitrogens with one attached hydrogen (secondary N) is 2. The van der Waals surface area contributed by atoms with E-state index in [2.05, 4.69) is 15.3 Å². The Morgan fingerprint density at radius 2 is 2.43 bits per heavy atom. The lowest BCUT2D eigenvalue weighted by Crippen LogP contribution is -2.41. The predicted octanol–water partition coefficient (Wildman–Crippen LogP) is 0.943. The van der Waals surface area contributed by atoms with Crippen LogP contribution in [-0.4, -0.2) is 40.9 Å². The monoisotopic (exact) mass is 306 g/mol. The molecular formula is C14H18N4O2S. The zero-order valence-electron chi connectivity index (χ0n) is 11.9. The topological polar surface area (TPSA) is 78.1 Å². The Hall–Kier alpha value is -1.73. The lowest BCUT2D eigenvalue weighted by molar-refractivity contribution is -0.135. The van der Waals surface area contributed by atoms with Gasteiger partial charge in [-0.3, -0.25) is 9.59 Å². The molecule has 1 saturated heterocycles. The molecule has 1 fully saturated rings. The van der Waals surface area contributed by atoms with Gasteiger partial charge >= 0.3 is 0 Å². The van der Waals surface area contributed by atoms with E-state index in [0.29, 0.717) is 22.6 Å². The number of rotatable bonds is 3. The molecule has 0 aromatic carbocycles. The van der Waals surface area contributed by atoms with Crippen molar-refractivity contribution in [3.05, 3.63) is 27.6 Å². The molecule has 2 aromatic rings. The third-order valence-electron chi connectivity index (χ3n) is 3.77. The molecule has 0 aliphatic carbocycles. The summed E-state index contributed by atoms with van der Waals surface area (Å²) >= 11 is 1.38. The number of fused-ring (bicyclic) bond motifs is 1. The first-order valence-corrected chi connectivity index (χ1v) is 7.95. The van der Waals surface area contributed by atoms with Crippen LogP contribution in [0, 0.1) is 5.92 Å². The van der Waals surface area contributed by atoms with Crippen LogP contribution in [0.2, 0.25) is 0 Å². The highest BCUT2D eigenvalue weighted by atomic mass is 32.1. The molecule has 0 saturated carbocycles. The van der Waals surface area contributed by atoms with Crippen LogP contribution in [0.5, 0.6) is 0 Å². The Morgan fingerprint density at radius 1 is 1.57 bits per heavy atom. The van der Waals surface area contributed by atoms with E-state index in [9.17, 15) is 9.59 Å². The van der Waals surface area contributed by atoms with Gasteiger partial charge < -0.3 is 15.2 Å². The fourth-order valence-electron chi connectivity index (χ4n) is 2.67. The number of hydrogen-bond acceptors (Lipinski definition) is 5. The maximum atomic E-state index is 12.4. The summed E-state index contributed by atoms with van der Waals surface area (Å²) < 4.78 is 0.629. The summed E-state index contributed by atoms with van der Waals surface area (Å²) in [6.45, 7) is 2.05. The molecule has 2 N–H and O–H groups in total. The molecule has 2 aromatic heterocycles. The van der Waals surface area contributed by atoms with E-state index in [1.54, 1.807) is 11.9 Å². The molecular weight excluding hydrogens is 288 g/mol. The van der Waals surface area contributed by atoms with Crippen LogP contribution in [0.25, 0.3) is 10.2 Å². The van der Waals surface area contributed by atoms with Gasteiger partial charge in [-0.05, 0) is 30.8 Å². The molecule has 1 atom stereocenters. The number of aromatic nitrogens is 2. The summed E-state index contributed by atoms with van der Waals surface area (Å²) in [5.74, 6) is 0.668. The van der Waals surface area contributed by atoms with Gasteiger partial charge in [0.25, 0.3) is 5.56 Å². The van der Waals surface area contributed by atoms with Crippen molar-refractivity contribution in [2.24, 2.45) is 5.92 Å². The molecule has 0 radical (unpaired) electrons. The van der Waals surface area contributed by atoms with Crippen LogP contribution in [-0.2, 0) is 11.3 Å². The minimum absolute atomic E-state index is 0.0281. The van der Waals surface area contributed by atoms with Crippen molar-refractivity contribution in [3.8, 4) is 0 Å². The molecule has 0 unspecified atom stereocenters. The number of carbonyl (C=O) groups is 1. The highest BCUT2D eigenvalue weighted by Crippen LogP contribution is 2.16. The van der Waals surface area contributed by atoms with Gasteiger partial charge in [0.05, 0.1) is 18.0 Å². The number of nitrogens with zero attached hydrogens (tertiary/aromatic N) is 2. The lowest BCUT2D eigenvalue weighted by atomic mass is 9.98. The fraction of sp³-hybridized carbons (Fsp3) is 0.500. The summed E-state index contributed by atoms with van der Waals surface area (Å²) in [4.78, 5) is 33.1. The van der Waals surface area contributed by atoms with Crippen molar-refractivity contribution >= 4 is 27.5 Å². The third kappa shape index (κ3) is 2.98. The highest BCUT2D eigenvalue weighted by molar-refractivity contribution is 7.17. The summed E-state index contributed by atoms with van der Waals surface area (Å²) in [5, 5.41) is 5.09. The number of aromatic amines is 1. The molecule has 3 rings (SSSR count). The SMILES string of the molecule is CN(Cc1nc2ccsc2c(=O)[nH]1)C(=O)[C@H]1CCCNC1. The second kappa shape index (κ2) is 5.95. The zero-order valence-corrected chi connectivity index (χ0v) is 12.7. The first-order valence-electron chi connectivity index (χ1n) is 7.07. The average Bonchev–Trinajstić information content (AvgIpc) is 2.96. The molecule has 3 heterocycles. The van der Waals surface area contributed by atoms with Crippen molar-refractivity contribution < 1.29 is 4.79 Å². The van der Waals surface area contributed by atoms with Crippen LogP contribution in [0.4, 0.5) is 0 Å². The summed E-state index contributed by atoms with van der Waals surface area (Å²) in [6, 6.07) is 1.83. The number of piperidine rings is 1. The third-order valence-corrected chi connectivity index (χ3v) is 4.68. The molecule has 7 heteroatoms. The van der Waals surface area contributed by atoms with Crippen molar-refractivity contribution in [3.63, 3.8) is 0 Å². The van der Waals surface area contributed by atoms with Crippen molar-refractivity contribution in [2.45, 2.75) is 19.4 Å². The number of hydrogen-bond donors (Lipinski definition) is 2. The van der Waals surface area contributed by atoms with Crippen molar-refractivity contribution in [2.75, 3.05) is 20.1 Å². The van der Waals surface area contributed by atoms with Crippen LogP contribution in [0.15, 0.2) is 16.2 Å². The van der Waals surface area contributed by atoms with E-state index in [0.717, 1.165) is 25.9 Å². The van der Waals surface area contributed by atoms with E-state index < -0.39 is 0 Å². The zero-order chi connectivity index (χ0) is 14.8. The Bertz CT molecular complexity index is 702. The summed E-state index contributed by atoms with van der Waals surface area (Å²) in [5.41, 5.74) is 0.559. The van der Waals surface area contributed by atoms with Gasteiger partial charge in [0.2, 0.25) is 5.91 Å². The molecule has 0 spiro atoms. The van der Waals surface area contributed by atoms with E-state index in [1.165, 1.54) is 11.3 Å². The molecule has 21 heavy (non-hydrogen) atoms. The first kappa shape index (κ1) is 14.2. The van der Waals surface area contributed by atoms with Crippen LogP contribution in [0.3, 0.4) is 0 Å². The van der Waals surface area contributed by atoms with Gasteiger partial charge in [-0.2, -0.15) is 0 Å². The van der Waals surface area contributed by atoms with Crippen LogP contribution in [0.1, 0.15) is 18.7 Å². The predicted molar refractivity (Wildman–Crippen MR) is 82.3 cm³/mol. The van der Waals surface area contributed by atoms with E-state index in [-0.39, 0.29) is 17.4 Å². The summed E-state index contributed by atoms with van der Waals surface area (Å²) in [7, 11) is 1.76. The molecule has 1 amide bonds. The van der Waals surface area contributed by atoms with Gasteiger partial charge in [-0.25, -0.2) is 4.98 Å². The standard InChI is InChI=1S/C14H18N4O2S/c1-18(14(20)9-3-2-5-15-7-9)8-11-16-10-4-6-21-12(10)13(19)17-11/h4,6,9,15H,2-3,5,7-8H2,1H3,(H,16,17,19)/t9-/m0/s1. The minimum atomic E-state index is -0.134.